The summed E-state index contributed by atoms with van der Waals surface area (Å²) in [6.45, 7) is 9.00. The highest BCUT2D eigenvalue weighted by Crippen LogP contribution is 2.43. The zero-order valence-electron chi connectivity index (χ0n) is 8.36. The summed E-state index contributed by atoms with van der Waals surface area (Å²) in [5, 5.41) is 0. The Kier molecular flexibility index (Phi) is 4.00. The Labute approximate surface area is 96.2 Å². The van der Waals surface area contributed by atoms with Gasteiger partial charge in [-0.1, -0.05) is 0 Å². The first-order chi connectivity index (χ1) is 7.15. The highest BCUT2D eigenvalue weighted by Gasteiger charge is 2.21. The zero-order chi connectivity index (χ0) is 11.4. The summed E-state index contributed by atoms with van der Waals surface area (Å²) in [6.07, 6.45) is 1.84. The first-order valence-electron chi connectivity index (χ1n) is 4.16. The maximum Gasteiger partial charge on any atom is 0.349 e. The van der Waals surface area contributed by atoms with Crippen LogP contribution in [0.5, 0.6) is 0 Å². The third-order valence-electron chi connectivity index (χ3n) is 1.65. The maximum atomic E-state index is 11.5. The monoisotopic (exact) mass is 242 g/mol. The van der Waals surface area contributed by atoms with E-state index in [9.17, 15) is 4.79 Å². The summed E-state index contributed by atoms with van der Waals surface area (Å²) in [5.74, 6) is -0.454. The number of ether oxygens (including phenoxy) is 1. The van der Waals surface area contributed by atoms with Crippen LogP contribution in [0.3, 0.4) is 0 Å². The number of carbonyl (C=O) groups excluding carboxylic acids is 1. The minimum absolute atomic E-state index is 0.234. The van der Waals surface area contributed by atoms with E-state index in [4.69, 9.17) is 17.0 Å². The molecule has 80 valence electrons. The molecule has 0 radical (unpaired) electrons. The number of nitrogen functional groups attached to an aromatic ring is 1. The van der Waals surface area contributed by atoms with Crippen molar-refractivity contribution >= 4 is 40.4 Å². The molecule has 4 nitrogen and oxygen atoms in total. The van der Waals surface area contributed by atoms with Crippen LogP contribution in [0, 0.1) is 6.57 Å². The van der Waals surface area contributed by atoms with Crippen molar-refractivity contribution in [2.45, 2.75) is 11.1 Å². The van der Waals surface area contributed by atoms with Crippen LogP contribution in [-0.4, -0.2) is 18.8 Å². The molecule has 15 heavy (non-hydrogen) atoms. The minimum atomic E-state index is -0.454. The maximum absolute atomic E-state index is 11.5. The summed E-state index contributed by atoms with van der Waals surface area (Å²) < 4.78 is 5.60. The molecule has 0 unspecified atom stereocenters. The molecule has 0 aliphatic rings. The predicted molar refractivity (Wildman–Crippen MR) is 62.7 cm³/mol. The Morgan fingerprint density at radius 1 is 1.73 bits per heavy atom. The largest absolute Gasteiger partial charge is 0.462 e. The molecule has 0 aliphatic heterocycles. The van der Waals surface area contributed by atoms with E-state index in [0.29, 0.717) is 17.2 Å². The second-order valence-electron chi connectivity index (χ2n) is 2.52. The topological polar surface area (TPSA) is 56.7 Å². The second-order valence-corrected chi connectivity index (χ2v) is 4.61. The highest BCUT2D eigenvalue weighted by atomic mass is 32.2. The van der Waals surface area contributed by atoms with Gasteiger partial charge in [0.15, 0.2) is 0 Å². The first-order valence-corrected chi connectivity index (χ1v) is 6.20. The molecular formula is C9H10N2O2S2. The molecule has 6 heteroatoms. The lowest BCUT2D eigenvalue weighted by Gasteiger charge is -1.99. The van der Waals surface area contributed by atoms with Gasteiger partial charge in [-0.05, 0) is 13.2 Å². The number of hydrogen-bond acceptors (Lipinski definition) is 5. The van der Waals surface area contributed by atoms with Crippen LogP contribution in [0.1, 0.15) is 16.6 Å². The minimum Gasteiger partial charge on any atom is -0.462 e. The normalized spacial score (nSPS) is 9.67. The first kappa shape index (κ1) is 11.9. The Hall–Kier alpha value is -1.19. The van der Waals surface area contributed by atoms with Crippen molar-refractivity contribution in [3.63, 3.8) is 0 Å². The quantitative estimate of drug-likeness (QED) is 0.503. The molecule has 1 aromatic heterocycles. The van der Waals surface area contributed by atoms with E-state index >= 15 is 0 Å². The molecule has 0 aliphatic carbocycles. The van der Waals surface area contributed by atoms with Crippen molar-refractivity contribution < 1.29 is 9.53 Å². The zero-order valence-corrected chi connectivity index (χ0v) is 10.00. The Morgan fingerprint density at radius 2 is 2.40 bits per heavy atom. The summed E-state index contributed by atoms with van der Waals surface area (Å²) in [4.78, 5) is 15.1. The lowest BCUT2D eigenvalue weighted by Crippen LogP contribution is -2.04. The van der Waals surface area contributed by atoms with E-state index in [-0.39, 0.29) is 5.69 Å². The van der Waals surface area contributed by atoms with Gasteiger partial charge in [0.1, 0.15) is 4.88 Å². The number of nitrogens with two attached hydrogens (primary N) is 1. The number of carbonyl (C=O) groups is 1. The van der Waals surface area contributed by atoms with Crippen molar-refractivity contribution in [1.82, 2.24) is 0 Å². The number of thioether (sulfide) groups is 1. The van der Waals surface area contributed by atoms with E-state index in [1.165, 1.54) is 23.1 Å². The second kappa shape index (κ2) is 5.05. The lowest BCUT2D eigenvalue weighted by atomic mass is 10.3. The average molecular weight is 242 g/mol. The highest BCUT2D eigenvalue weighted by molar-refractivity contribution is 8.00. The van der Waals surface area contributed by atoms with Gasteiger partial charge in [-0.3, -0.25) is 0 Å². The molecule has 2 N–H and O–H groups in total. The van der Waals surface area contributed by atoms with Crippen LogP contribution in [0.4, 0.5) is 11.4 Å². The fourth-order valence-corrected chi connectivity index (χ4v) is 2.72. The van der Waals surface area contributed by atoms with E-state index in [2.05, 4.69) is 4.85 Å². The lowest BCUT2D eigenvalue weighted by molar-refractivity contribution is 0.0533. The van der Waals surface area contributed by atoms with E-state index < -0.39 is 5.97 Å². The van der Waals surface area contributed by atoms with Gasteiger partial charge < -0.3 is 10.5 Å². The van der Waals surface area contributed by atoms with Gasteiger partial charge in [-0.15, -0.1) is 23.1 Å². The smallest absolute Gasteiger partial charge is 0.349 e. The summed E-state index contributed by atoms with van der Waals surface area (Å²) >= 11 is 2.62. The van der Waals surface area contributed by atoms with Crippen molar-refractivity contribution in [2.75, 3.05) is 18.6 Å². The Balaban J connectivity index is 3.16. The summed E-state index contributed by atoms with van der Waals surface area (Å²) in [5.41, 5.74) is 6.29. The van der Waals surface area contributed by atoms with E-state index in [1.807, 2.05) is 6.26 Å². The molecule has 0 aromatic carbocycles. The van der Waals surface area contributed by atoms with E-state index in [0.717, 1.165) is 4.21 Å². The number of anilines is 1. The van der Waals surface area contributed by atoms with Crippen LogP contribution >= 0.6 is 23.1 Å². The summed E-state index contributed by atoms with van der Waals surface area (Å²) in [7, 11) is 0. The fraction of sp³-hybridized carbons (Fsp3) is 0.333. The standard InChI is InChI=1S/C9H10N2O2S2/c1-4-13-8(12)7-5(10)6(11-2)9(14-3)15-7/h4,10H2,1,3H3. The van der Waals surface area contributed by atoms with Gasteiger partial charge in [0.05, 0.1) is 23.1 Å². The van der Waals surface area contributed by atoms with Crippen LogP contribution < -0.4 is 5.73 Å². The van der Waals surface area contributed by atoms with Gasteiger partial charge in [0.25, 0.3) is 0 Å². The molecule has 0 saturated heterocycles. The molecule has 0 fully saturated rings. The van der Waals surface area contributed by atoms with Crippen molar-refractivity contribution in [3.8, 4) is 0 Å². The van der Waals surface area contributed by atoms with E-state index in [1.54, 1.807) is 6.92 Å². The molecule has 1 aromatic rings. The molecule has 0 atom stereocenters. The summed E-state index contributed by atoms with van der Waals surface area (Å²) in [6, 6.07) is 0. The Bertz CT molecular complexity index is 420. The molecule has 0 amide bonds. The van der Waals surface area contributed by atoms with Crippen molar-refractivity contribution in [1.29, 1.82) is 0 Å². The molecule has 0 spiro atoms. The van der Waals surface area contributed by atoms with Crippen LogP contribution in [0.15, 0.2) is 4.21 Å². The number of rotatable bonds is 3. The van der Waals surface area contributed by atoms with Gasteiger partial charge in [-0.2, -0.15) is 0 Å². The number of thiophene rings is 1. The Morgan fingerprint density at radius 3 is 2.80 bits per heavy atom. The van der Waals surface area contributed by atoms with Crippen LogP contribution in [0.2, 0.25) is 0 Å². The SMILES string of the molecule is [C-]#[N+]c1c(SC)sc(C(=O)OCC)c1N. The van der Waals surface area contributed by atoms with Gasteiger partial charge in [-0.25, -0.2) is 9.64 Å². The van der Waals surface area contributed by atoms with Crippen molar-refractivity contribution in [2.24, 2.45) is 0 Å². The molecule has 0 bridgehead atoms. The predicted octanol–water partition coefficient (Wildman–Crippen LogP) is 2.78. The van der Waals surface area contributed by atoms with Gasteiger partial charge >= 0.3 is 5.97 Å². The molecular weight excluding hydrogens is 232 g/mol. The number of nitrogens with zero attached hydrogens (tertiary/aromatic N) is 1. The fourth-order valence-electron chi connectivity index (χ4n) is 1.01. The van der Waals surface area contributed by atoms with Crippen LogP contribution in [0.25, 0.3) is 4.85 Å². The number of hydrogen-bond donors (Lipinski definition) is 1. The third-order valence-corrected chi connectivity index (χ3v) is 3.93. The third kappa shape index (κ3) is 2.25. The van der Waals surface area contributed by atoms with Gasteiger partial charge in [0, 0.05) is 0 Å². The van der Waals surface area contributed by atoms with Crippen LogP contribution in [-0.2, 0) is 4.74 Å². The number of esters is 1. The average Bonchev–Trinajstić information content (AvgIpc) is 2.55. The van der Waals surface area contributed by atoms with Gasteiger partial charge in [0.2, 0.25) is 5.69 Å². The molecule has 1 heterocycles. The van der Waals surface area contributed by atoms with Crippen molar-refractivity contribution in [3.05, 3.63) is 16.3 Å². The molecule has 1 rings (SSSR count). The molecule has 0 saturated carbocycles.